The zero-order valence-electron chi connectivity index (χ0n) is 67.5. The molecule has 23 rings (SSSR count). The van der Waals surface area contributed by atoms with E-state index in [4.69, 9.17) is 0 Å². The molecule has 0 radical (unpaired) electrons. The predicted octanol–water partition coefficient (Wildman–Crippen LogP) is 33.4. The topological polar surface area (TPSA) is 18.5 Å². The molecule has 1 N–H and O–H groups in total. The quantitative estimate of drug-likeness (QED) is 0.130. The van der Waals surface area contributed by atoms with E-state index >= 15 is 0 Å². The van der Waals surface area contributed by atoms with Crippen LogP contribution in [0.5, 0.6) is 0 Å². The average molecular weight is 1700 g/mol. The second kappa shape index (κ2) is 29.3. The largest absolute Gasteiger partial charge is 0.355 e. The summed E-state index contributed by atoms with van der Waals surface area (Å²) < 4.78 is 45.7. The summed E-state index contributed by atoms with van der Waals surface area (Å²) in [6, 6.07) is 128. The molecular weight excluding hydrogens is 1620 g/mol. The molecule has 121 heavy (non-hydrogen) atoms. The average Bonchev–Trinajstić information content (AvgIpc) is 1.71. The van der Waals surface area contributed by atoms with E-state index in [1.165, 1.54) is 128 Å². The van der Waals surface area contributed by atoms with Gasteiger partial charge in [-0.2, -0.15) is 0 Å². The summed E-state index contributed by atoms with van der Waals surface area (Å²) in [4.78, 5) is 4.87. The molecule has 0 aliphatic heterocycles. The molecule has 0 saturated heterocycles. The second-order valence-electron chi connectivity index (χ2n) is 33.8. The van der Waals surface area contributed by atoms with Gasteiger partial charge in [-0.05, 0) is 253 Å². The number of benzene rings is 20. The normalized spacial score (nSPS) is 13.4. The molecule has 0 unspecified atom stereocenters. The monoisotopic (exact) mass is 1690 g/mol. The minimum absolute atomic E-state index is 0.0208. The van der Waals surface area contributed by atoms with Gasteiger partial charge in [0, 0.05) is 75.4 Å². The third kappa shape index (κ3) is 12.5. The zero-order chi connectivity index (χ0) is 82.3. The number of hydrogen-bond acceptors (Lipinski definition) is 3. The van der Waals surface area contributed by atoms with Crippen LogP contribution >= 0.6 is 31.9 Å². The summed E-state index contributed by atoms with van der Waals surface area (Å²) in [5.74, 6) is -0.752. The molecule has 0 amide bonds. The van der Waals surface area contributed by atoms with E-state index in [0.29, 0.717) is 0 Å². The van der Waals surface area contributed by atoms with E-state index in [0.717, 1.165) is 109 Å². The van der Waals surface area contributed by atoms with E-state index in [9.17, 15) is 13.2 Å². The fourth-order valence-electron chi connectivity index (χ4n) is 20.0. The van der Waals surface area contributed by atoms with Gasteiger partial charge in [0.2, 0.25) is 0 Å². The van der Waals surface area contributed by atoms with E-state index < -0.39 is 0 Å². The van der Waals surface area contributed by atoms with Crippen LogP contribution in [0.4, 0.5) is 58.7 Å². The zero-order valence-corrected chi connectivity index (χ0v) is 70.7. The van der Waals surface area contributed by atoms with E-state index in [-0.39, 0.29) is 33.7 Å². The molecule has 582 valence electrons. The number of halogens is 5. The van der Waals surface area contributed by atoms with Crippen LogP contribution in [-0.4, -0.2) is 0 Å². The first kappa shape index (κ1) is 75.1. The first-order chi connectivity index (χ1) is 58.8. The third-order valence-corrected chi connectivity index (χ3v) is 27.1. The third-order valence-electron chi connectivity index (χ3n) is 25.7. The van der Waals surface area contributed by atoms with Crippen molar-refractivity contribution in [2.45, 2.75) is 57.8 Å². The lowest BCUT2D eigenvalue weighted by Crippen LogP contribution is -2.16. The van der Waals surface area contributed by atoms with Gasteiger partial charge in [0.1, 0.15) is 17.5 Å². The van der Waals surface area contributed by atoms with Crippen molar-refractivity contribution in [1.82, 2.24) is 0 Å². The number of rotatable bonds is 11. The lowest BCUT2D eigenvalue weighted by Gasteiger charge is -2.32. The fraction of sp³-hybridized carbons (Fsp3) is 0.0796. The Labute approximate surface area is 719 Å². The predicted molar refractivity (Wildman–Crippen MR) is 510 cm³/mol. The minimum Gasteiger partial charge on any atom is -0.355 e. The molecule has 3 aliphatic carbocycles. The van der Waals surface area contributed by atoms with Gasteiger partial charge >= 0.3 is 0 Å². The Morgan fingerprint density at radius 3 is 0.967 bits per heavy atom. The first-order valence-corrected chi connectivity index (χ1v) is 42.8. The number of fused-ring (bicyclic) bond motifs is 9. The van der Waals surface area contributed by atoms with E-state index in [1.807, 2.05) is 36.4 Å². The lowest BCUT2D eigenvalue weighted by molar-refractivity contribution is 0.628. The van der Waals surface area contributed by atoms with Gasteiger partial charge in [-0.1, -0.05) is 328 Å². The van der Waals surface area contributed by atoms with Gasteiger partial charge < -0.3 is 15.1 Å². The highest BCUT2D eigenvalue weighted by atomic mass is 79.9. The number of nitrogens with one attached hydrogen (secondary N) is 1. The summed E-state index contributed by atoms with van der Waals surface area (Å²) in [6.45, 7) is 13.9. The molecule has 0 saturated carbocycles. The number of hydrogen-bond donors (Lipinski definition) is 1. The van der Waals surface area contributed by atoms with Gasteiger partial charge in [-0.15, -0.1) is 0 Å². The van der Waals surface area contributed by atoms with Crippen LogP contribution in [0.2, 0.25) is 0 Å². The highest BCUT2D eigenvalue weighted by molar-refractivity contribution is 9.11. The van der Waals surface area contributed by atoms with Crippen LogP contribution < -0.4 is 15.1 Å². The van der Waals surface area contributed by atoms with E-state index in [1.54, 1.807) is 36.4 Å². The van der Waals surface area contributed by atoms with Gasteiger partial charge in [-0.25, -0.2) is 13.2 Å². The number of nitrogens with zero attached hydrogens (tertiary/aromatic N) is 2. The number of anilines is 8. The smallest absolute Gasteiger partial charge is 0.123 e. The maximum absolute atomic E-state index is 14.9. The van der Waals surface area contributed by atoms with Crippen molar-refractivity contribution >= 4 is 142 Å². The van der Waals surface area contributed by atoms with Crippen molar-refractivity contribution < 1.29 is 13.2 Å². The van der Waals surface area contributed by atoms with Crippen molar-refractivity contribution in [2.75, 3.05) is 15.1 Å². The van der Waals surface area contributed by atoms with Crippen molar-refractivity contribution in [3.63, 3.8) is 0 Å². The Morgan fingerprint density at radius 2 is 0.554 bits per heavy atom. The summed E-state index contributed by atoms with van der Waals surface area (Å²) in [5.41, 5.74) is 28.5. The Hall–Kier alpha value is -13.4. The molecule has 0 heterocycles. The molecule has 20 aromatic rings. The first-order valence-electron chi connectivity index (χ1n) is 41.2. The van der Waals surface area contributed by atoms with Crippen molar-refractivity contribution in [3.05, 3.63) is 430 Å². The Bertz CT molecular complexity index is 7240. The second-order valence-corrected chi connectivity index (χ2v) is 35.5. The van der Waals surface area contributed by atoms with Crippen molar-refractivity contribution in [3.8, 4) is 66.8 Å². The Balaban J connectivity index is 0.000000155. The molecular formula is C113H80Br2F3N3. The molecule has 0 atom stereocenters. The molecule has 0 aromatic heterocycles. The Morgan fingerprint density at radius 1 is 0.248 bits per heavy atom. The summed E-state index contributed by atoms with van der Waals surface area (Å²) in [7, 11) is 0. The minimum atomic E-state index is -0.265. The van der Waals surface area contributed by atoms with Gasteiger partial charge in [0.05, 0.1) is 22.7 Å². The van der Waals surface area contributed by atoms with Gasteiger partial charge in [-0.3, -0.25) is 0 Å². The van der Waals surface area contributed by atoms with Crippen LogP contribution in [0, 0.1) is 17.5 Å². The molecule has 0 spiro atoms. The summed E-state index contributed by atoms with van der Waals surface area (Å²) in [6.07, 6.45) is 0. The standard InChI is InChI=1S/C70H50F2N2.C27H22FN.C16H8Br2/c1-69(2)57-25-7-5-23-53(57)67-59(69)27-13-29-63(67)73(51-21-11-17-47(41-51)45-15-9-19-49(71)39-45)61-37-33-43-32-36-56-62(38-34-44-31-35-55(61)65(43)66(44)56)74(52-22-12-18-48(42-52)46-16-10-20-50(72)40-46)64-30-14-28-60-68(64)54-24-6-8-26-58(54)70(60,3)4;1-27(2)23-13-4-3-12-22(23)26-24(27)14-7-15-25(26)29-21-11-6-9-19(17-21)18-8-5-10-20(28)16-18;17-13-8-4-10-2-6-12-14(18)7-3-9-1-5-11(13)16(10)15(9)12/h5-42H,1-4H3;3-17,29H,1-2H3;1-8H. The SMILES string of the molecule is Brc1ccc2ccc3c(Br)ccc4ccc1c2c43.CC1(C)c2ccccc2-c2c(N(c3cccc(-c4cccc(F)c4)c3)c3ccc4ccc5c(N(c6cccc(-c7cccc(F)c7)c6)c6cccc7c6-c6ccccc6C7(C)C)ccc6ccc3c4c65)cccc21.CC1(C)c2ccccc2-c2c(Nc3cccc(-c4cccc(F)c4)c3)cccc21. The van der Waals surface area contributed by atoms with Crippen molar-refractivity contribution in [1.29, 1.82) is 0 Å². The van der Waals surface area contributed by atoms with Crippen LogP contribution in [-0.2, 0) is 16.2 Å². The van der Waals surface area contributed by atoms with Gasteiger partial charge in [0.25, 0.3) is 0 Å². The molecule has 3 aliphatic rings. The summed E-state index contributed by atoms with van der Waals surface area (Å²) in [5, 5.41) is 18.3. The Kier molecular flexibility index (Phi) is 18.2. The van der Waals surface area contributed by atoms with Crippen LogP contribution in [0.1, 0.15) is 74.9 Å². The molecule has 20 aromatic carbocycles. The van der Waals surface area contributed by atoms with Crippen LogP contribution in [0.15, 0.2) is 379 Å². The molecule has 3 nitrogen and oxygen atoms in total. The van der Waals surface area contributed by atoms with Crippen LogP contribution in [0.25, 0.3) is 131 Å². The van der Waals surface area contributed by atoms with E-state index in [2.05, 4.69) is 368 Å². The van der Waals surface area contributed by atoms with Gasteiger partial charge in [0.15, 0.2) is 0 Å². The van der Waals surface area contributed by atoms with Crippen LogP contribution in [0.3, 0.4) is 0 Å². The maximum atomic E-state index is 14.9. The molecule has 8 heteroatoms. The highest BCUT2D eigenvalue weighted by Crippen LogP contribution is 2.59. The fourth-order valence-corrected chi connectivity index (χ4v) is 20.9. The summed E-state index contributed by atoms with van der Waals surface area (Å²) >= 11 is 7.30. The molecule has 0 fully saturated rings. The molecule has 0 bridgehead atoms. The van der Waals surface area contributed by atoms with Crippen molar-refractivity contribution in [2.24, 2.45) is 0 Å². The highest BCUT2D eigenvalue weighted by Gasteiger charge is 2.41. The maximum Gasteiger partial charge on any atom is 0.123 e. The lowest BCUT2D eigenvalue weighted by atomic mass is 9.82.